The molecule has 1 aliphatic carbocycles. The van der Waals surface area contributed by atoms with Crippen LogP contribution in [0, 0.1) is 6.07 Å². The van der Waals surface area contributed by atoms with Gasteiger partial charge in [-0.05, 0) is 48.9 Å². The molecule has 3 heteroatoms. The van der Waals surface area contributed by atoms with Gasteiger partial charge in [0.1, 0.15) is 0 Å². The number of anilines is 1. The Labute approximate surface area is 114 Å². The minimum atomic E-state index is -1.49. The molecule has 0 bridgehead atoms. The highest BCUT2D eigenvalue weighted by molar-refractivity contribution is 5.56. The van der Waals surface area contributed by atoms with Crippen LogP contribution in [0.5, 0.6) is 0 Å². The molecule has 1 aromatic rings. The Hall–Kier alpha value is -1.09. The van der Waals surface area contributed by atoms with Crippen molar-refractivity contribution in [1.29, 1.82) is 0 Å². The van der Waals surface area contributed by atoms with Crippen LogP contribution in [-0.2, 0) is 4.74 Å². The first-order valence-electron chi connectivity index (χ1n) is 7.21. The van der Waals surface area contributed by atoms with Crippen molar-refractivity contribution in [2.45, 2.75) is 43.9 Å². The molecule has 2 aliphatic rings. The molecule has 1 radical (unpaired) electrons. The molecule has 1 atom stereocenters. The van der Waals surface area contributed by atoms with Crippen molar-refractivity contribution in [1.82, 2.24) is 0 Å². The average Bonchev–Trinajstić information content (AvgIpc) is 2.38. The molecule has 1 unspecified atom stereocenters. The Morgan fingerprint density at radius 3 is 2.95 bits per heavy atom. The van der Waals surface area contributed by atoms with Crippen molar-refractivity contribution < 1.29 is 9.13 Å². The maximum absolute atomic E-state index is 14.4. The number of piperidine rings is 1. The van der Waals surface area contributed by atoms with Crippen LogP contribution in [0.25, 0.3) is 0 Å². The third kappa shape index (κ3) is 2.48. The van der Waals surface area contributed by atoms with E-state index in [9.17, 15) is 4.39 Å². The molecule has 2 nitrogen and oxygen atoms in total. The van der Waals surface area contributed by atoms with Gasteiger partial charge in [0.25, 0.3) is 0 Å². The average molecular weight is 262 g/mol. The molecule has 1 aromatic carbocycles. The largest absolute Gasteiger partial charge is 0.366 e. The Morgan fingerprint density at radius 2 is 2.26 bits per heavy atom. The molecular formula is C16H21FNO. The normalized spacial score (nSPS) is 28.2. The van der Waals surface area contributed by atoms with Crippen molar-refractivity contribution >= 4 is 5.69 Å². The van der Waals surface area contributed by atoms with Gasteiger partial charge in [0, 0.05) is 25.8 Å². The lowest BCUT2D eigenvalue weighted by atomic mass is 9.79. The minimum Gasteiger partial charge on any atom is -0.366 e. The van der Waals surface area contributed by atoms with Gasteiger partial charge in [-0.25, -0.2) is 4.39 Å². The van der Waals surface area contributed by atoms with Gasteiger partial charge >= 0.3 is 0 Å². The smallest absolute Gasteiger partial charge is 0.226 e. The Balaban J connectivity index is 1.85. The first-order chi connectivity index (χ1) is 9.22. The zero-order chi connectivity index (χ0) is 13.3. The van der Waals surface area contributed by atoms with Gasteiger partial charge in [0.2, 0.25) is 5.85 Å². The summed E-state index contributed by atoms with van der Waals surface area (Å²) in [5.74, 6) is -0.847. The van der Waals surface area contributed by atoms with Gasteiger partial charge in [-0.2, -0.15) is 0 Å². The fourth-order valence-electron chi connectivity index (χ4n) is 3.12. The van der Waals surface area contributed by atoms with Crippen LogP contribution in [0.3, 0.4) is 0 Å². The Bertz CT molecular complexity index is 446. The molecule has 1 aliphatic heterocycles. The molecule has 2 fully saturated rings. The number of rotatable bonds is 3. The summed E-state index contributed by atoms with van der Waals surface area (Å²) >= 11 is 0. The molecule has 19 heavy (non-hydrogen) atoms. The van der Waals surface area contributed by atoms with Crippen molar-refractivity contribution in [3.8, 4) is 0 Å². The number of nitrogens with zero attached hydrogens (tertiary/aromatic N) is 1. The monoisotopic (exact) mass is 262 g/mol. The fraction of sp³-hybridized carbons (Fsp3) is 0.625. The van der Waals surface area contributed by atoms with E-state index in [1.807, 2.05) is 6.07 Å². The zero-order valence-corrected chi connectivity index (χ0v) is 11.5. The van der Waals surface area contributed by atoms with E-state index in [1.165, 1.54) is 37.6 Å². The second-order valence-corrected chi connectivity index (χ2v) is 5.73. The van der Waals surface area contributed by atoms with E-state index < -0.39 is 5.85 Å². The van der Waals surface area contributed by atoms with Crippen LogP contribution < -0.4 is 4.90 Å². The highest BCUT2D eigenvalue weighted by Crippen LogP contribution is 2.42. The molecule has 0 amide bonds. The van der Waals surface area contributed by atoms with Crippen molar-refractivity contribution in [2.75, 3.05) is 25.1 Å². The molecule has 1 saturated carbocycles. The molecule has 0 aromatic heterocycles. The standard InChI is InChI=1S/C16H21FNO/c1-19-16(17)10-5-11-18(12-16)15-9-3-2-8-14(15)13-6-4-7-13/h3,8-9,13H,4-7,10-12H2,1H3. The molecule has 103 valence electrons. The third-order valence-corrected chi connectivity index (χ3v) is 4.53. The van der Waals surface area contributed by atoms with Gasteiger partial charge in [-0.1, -0.05) is 12.5 Å². The number of ether oxygens (including phenoxy) is 1. The van der Waals surface area contributed by atoms with Gasteiger partial charge < -0.3 is 9.64 Å². The van der Waals surface area contributed by atoms with E-state index in [4.69, 9.17) is 4.74 Å². The zero-order valence-electron chi connectivity index (χ0n) is 11.5. The van der Waals surface area contributed by atoms with Crippen LogP contribution in [0.2, 0.25) is 0 Å². The van der Waals surface area contributed by atoms with E-state index in [0.717, 1.165) is 13.0 Å². The summed E-state index contributed by atoms with van der Waals surface area (Å²) in [5, 5.41) is 0. The third-order valence-electron chi connectivity index (χ3n) is 4.53. The van der Waals surface area contributed by atoms with Gasteiger partial charge in [0.15, 0.2) is 0 Å². The van der Waals surface area contributed by atoms with Crippen molar-refractivity contribution in [2.24, 2.45) is 0 Å². The summed E-state index contributed by atoms with van der Waals surface area (Å²) in [5.41, 5.74) is 2.52. The summed E-state index contributed by atoms with van der Waals surface area (Å²) in [4.78, 5) is 2.15. The van der Waals surface area contributed by atoms with Crippen molar-refractivity contribution in [3.05, 3.63) is 29.8 Å². The molecule has 1 heterocycles. The maximum Gasteiger partial charge on any atom is 0.226 e. The quantitative estimate of drug-likeness (QED) is 0.824. The lowest BCUT2D eigenvalue weighted by Crippen LogP contribution is -2.47. The number of hydrogen-bond donors (Lipinski definition) is 0. The maximum atomic E-state index is 14.4. The number of methoxy groups -OCH3 is 1. The summed E-state index contributed by atoms with van der Waals surface area (Å²) in [6.07, 6.45) is 5.16. The molecule has 1 saturated heterocycles. The van der Waals surface area contributed by atoms with E-state index in [0.29, 0.717) is 18.9 Å². The number of alkyl halides is 1. The fourth-order valence-corrected chi connectivity index (χ4v) is 3.12. The SMILES string of the molecule is COC1(F)CCCN(c2cc[c]cc2C2CCC2)C1. The predicted molar refractivity (Wildman–Crippen MR) is 74.2 cm³/mol. The summed E-state index contributed by atoms with van der Waals surface area (Å²) in [6.45, 7) is 1.26. The van der Waals surface area contributed by atoms with Gasteiger partial charge in [-0.3, -0.25) is 0 Å². The lowest BCUT2D eigenvalue weighted by molar-refractivity contribution is -0.126. The highest BCUT2D eigenvalue weighted by Gasteiger charge is 2.36. The van der Waals surface area contributed by atoms with Gasteiger partial charge in [0.05, 0.1) is 6.54 Å². The van der Waals surface area contributed by atoms with Crippen LogP contribution in [0.15, 0.2) is 18.2 Å². The van der Waals surface area contributed by atoms with E-state index in [2.05, 4.69) is 23.1 Å². The van der Waals surface area contributed by atoms with Gasteiger partial charge in [-0.15, -0.1) is 0 Å². The van der Waals surface area contributed by atoms with E-state index >= 15 is 0 Å². The lowest BCUT2D eigenvalue weighted by Gasteiger charge is -2.40. The van der Waals surface area contributed by atoms with E-state index in [-0.39, 0.29) is 0 Å². The second-order valence-electron chi connectivity index (χ2n) is 5.73. The summed E-state index contributed by atoms with van der Waals surface area (Å²) in [7, 11) is 1.47. The second kappa shape index (κ2) is 5.12. The number of hydrogen-bond acceptors (Lipinski definition) is 2. The van der Waals surface area contributed by atoms with Crippen molar-refractivity contribution in [3.63, 3.8) is 0 Å². The molecule has 3 rings (SSSR count). The topological polar surface area (TPSA) is 12.5 Å². The predicted octanol–water partition coefficient (Wildman–Crippen LogP) is 3.67. The number of halogens is 1. The Morgan fingerprint density at radius 1 is 1.42 bits per heavy atom. The van der Waals surface area contributed by atoms with Crippen LogP contribution in [0.1, 0.15) is 43.6 Å². The first kappa shape index (κ1) is 12.9. The molecule has 0 spiro atoms. The highest BCUT2D eigenvalue weighted by atomic mass is 19.2. The Kier molecular flexibility index (Phi) is 3.48. The molecular weight excluding hydrogens is 241 g/mol. The van der Waals surface area contributed by atoms with Crippen LogP contribution >= 0.6 is 0 Å². The molecule has 0 N–H and O–H groups in total. The summed E-state index contributed by atoms with van der Waals surface area (Å²) in [6, 6.07) is 9.26. The van der Waals surface area contributed by atoms with E-state index in [1.54, 1.807) is 0 Å². The summed E-state index contributed by atoms with van der Waals surface area (Å²) < 4.78 is 19.4. The van der Waals surface area contributed by atoms with Crippen LogP contribution in [0.4, 0.5) is 10.1 Å². The first-order valence-corrected chi connectivity index (χ1v) is 7.21. The number of benzene rings is 1. The van der Waals surface area contributed by atoms with Crippen LogP contribution in [-0.4, -0.2) is 26.1 Å². The minimum absolute atomic E-state index is 0.341.